The molecule has 0 saturated heterocycles. The van der Waals surface area contributed by atoms with Gasteiger partial charge in [0.2, 0.25) is 0 Å². The number of nitrogens with zero attached hydrogens (tertiary/aromatic N) is 2. The molecule has 0 fully saturated rings. The quantitative estimate of drug-likeness (QED) is 0.332. The van der Waals surface area contributed by atoms with E-state index >= 15 is 0 Å². The molecule has 4 rings (SSSR count). The summed E-state index contributed by atoms with van der Waals surface area (Å²) in [4.78, 5) is 8.50. The van der Waals surface area contributed by atoms with Gasteiger partial charge in [0, 0.05) is 22.3 Å². The number of nitrogens with two attached hydrogens (primary N) is 1. The number of benzene rings is 3. The summed E-state index contributed by atoms with van der Waals surface area (Å²) in [6.45, 7) is 0.936. The number of aliphatic hydroxyl groups excluding tert-OH is 1. The van der Waals surface area contributed by atoms with Crippen molar-refractivity contribution in [3.8, 4) is 5.75 Å². The summed E-state index contributed by atoms with van der Waals surface area (Å²) in [5.74, 6) is 0.932. The Morgan fingerprint density at radius 3 is 2.35 bits per heavy atom. The standard InChI is InChI=1S/C25H23F3N4O2/c1-24(25(26,27)28,17-4-3-5-18(29)11-17)16-6-8-19(9-7-16)32-23-20-12-22(34-2)15(13-33)10-21(20)30-14-31-23/h3-12,14,33H,13,29H2,1-2H3,(H,30,31,32). The van der Waals surface area contributed by atoms with Gasteiger partial charge in [-0.2, -0.15) is 13.2 Å². The van der Waals surface area contributed by atoms with E-state index in [2.05, 4.69) is 15.3 Å². The Morgan fingerprint density at radius 1 is 1.00 bits per heavy atom. The van der Waals surface area contributed by atoms with Crippen molar-refractivity contribution < 1.29 is 23.0 Å². The maximum atomic E-state index is 14.3. The van der Waals surface area contributed by atoms with Gasteiger partial charge in [0.25, 0.3) is 0 Å². The third kappa shape index (κ3) is 4.10. The number of alkyl halides is 3. The first kappa shape index (κ1) is 23.3. The number of hydrogen-bond donors (Lipinski definition) is 3. The number of ether oxygens (including phenoxy) is 1. The van der Waals surface area contributed by atoms with Crippen LogP contribution >= 0.6 is 0 Å². The van der Waals surface area contributed by atoms with Crippen LogP contribution in [0.5, 0.6) is 5.75 Å². The zero-order valence-electron chi connectivity index (χ0n) is 18.5. The molecule has 0 aliphatic carbocycles. The van der Waals surface area contributed by atoms with Crippen molar-refractivity contribution in [2.24, 2.45) is 0 Å². The Kier molecular flexibility index (Phi) is 6.05. The highest BCUT2D eigenvalue weighted by Crippen LogP contribution is 2.46. The molecular formula is C25H23F3N4O2. The van der Waals surface area contributed by atoms with Crippen molar-refractivity contribution in [3.63, 3.8) is 0 Å². The van der Waals surface area contributed by atoms with Crippen LogP contribution in [0.3, 0.4) is 0 Å². The molecule has 9 heteroatoms. The number of anilines is 3. The van der Waals surface area contributed by atoms with Gasteiger partial charge in [-0.05, 0) is 54.4 Å². The number of methoxy groups -OCH3 is 1. The van der Waals surface area contributed by atoms with Gasteiger partial charge in [-0.15, -0.1) is 0 Å². The minimum absolute atomic E-state index is 0.0642. The van der Waals surface area contributed by atoms with Crippen molar-refractivity contribution in [3.05, 3.63) is 83.7 Å². The molecule has 34 heavy (non-hydrogen) atoms. The minimum atomic E-state index is -4.54. The van der Waals surface area contributed by atoms with Crippen LogP contribution in [-0.2, 0) is 12.0 Å². The molecule has 0 aliphatic rings. The lowest BCUT2D eigenvalue weighted by Gasteiger charge is -2.33. The summed E-state index contributed by atoms with van der Waals surface area (Å²) in [6, 6.07) is 15.3. The maximum Gasteiger partial charge on any atom is 0.402 e. The summed E-state index contributed by atoms with van der Waals surface area (Å²) in [6.07, 6.45) is -3.17. The van der Waals surface area contributed by atoms with Gasteiger partial charge in [-0.3, -0.25) is 0 Å². The lowest BCUT2D eigenvalue weighted by molar-refractivity contribution is -0.173. The van der Waals surface area contributed by atoms with Crippen LogP contribution in [0.2, 0.25) is 0 Å². The molecule has 176 valence electrons. The average molecular weight is 468 g/mol. The Bertz CT molecular complexity index is 1330. The SMILES string of the molecule is COc1cc2c(Nc3ccc(C(C)(c4cccc(N)c4)C(F)(F)F)cc3)ncnc2cc1CO. The van der Waals surface area contributed by atoms with E-state index in [4.69, 9.17) is 10.5 Å². The number of halogens is 3. The molecular weight excluding hydrogens is 445 g/mol. The summed E-state index contributed by atoms with van der Waals surface area (Å²) in [7, 11) is 1.49. The summed E-state index contributed by atoms with van der Waals surface area (Å²) in [5.41, 5.74) is 5.65. The van der Waals surface area contributed by atoms with Crippen LogP contribution in [0.25, 0.3) is 10.9 Å². The van der Waals surface area contributed by atoms with Gasteiger partial charge in [0.1, 0.15) is 23.3 Å². The van der Waals surface area contributed by atoms with E-state index in [0.29, 0.717) is 33.7 Å². The van der Waals surface area contributed by atoms with E-state index in [1.54, 1.807) is 30.3 Å². The average Bonchev–Trinajstić information content (AvgIpc) is 2.82. The van der Waals surface area contributed by atoms with Crippen molar-refractivity contribution in [1.82, 2.24) is 9.97 Å². The largest absolute Gasteiger partial charge is 0.496 e. The van der Waals surface area contributed by atoms with Gasteiger partial charge in [-0.1, -0.05) is 24.3 Å². The molecule has 0 bridgehead atoms. The van der Waals surface area contributed by atoms with Gasteiger partial charge in [0.15, 0.2) is 0 Å². The summed E-state index contributed by atoms with van der Waals surface area (Å²) < 4.78 is 48.1. The smallest absolute Gasteiger partial charge is 0.402 e. The van der Waals surface area contributed by atoms with E-state index in [0.717, 1.165) is 6.92 Å². The Balaban J connectivity index is 1.71. The predicted octanol–water partition coefficient (Wildman–Crippen LogP) is 5.32. The Labute approximate surface area is 194 Å². The van der Waals surface area contributed by atoms with Crippen molar-refractivity contribution in [2.45, 2.75) is 25.1 Å². The third-order valence-electron chi connectivity index (χ3n) is 5.96. The zero-order valence-corrected chi connectivity index (χ0v) is 18.5. The molecule has 4 N–H and O–H groups in total. The lowest BCUT2D eigenvalue weighted by Crippen LogP contribution is -2.40. The second-order valence-corrected chi connectivity index (χ2v) is 8.01. The highest BCUT2D eigenvalue weighted by Gasteiger charge is 2.53. The number of aromatic nitrogens is 2. The van der Waals surface area contributed by atoms with Crippen LogP contribution in [0, 0.1) is 0 Å². The van der Waals surface area contributed by atoms with Gasteiger partial charge in [0.05, 0.1) is 19.2 Å². The van der Waals surface area contributed by atoms with Crippen LogP contribution in [0.4, 0.5) is 30.4 Å². The molecule has 0 amide bonds. The van der Waals surface area contributed by atoms with Crippen LogP contribution < -0.4 is 15.8 Å². The van der Waals surface area contributed by atoms with Gasteiger partial charge >= 0.3 is 6.18 Å². The zero-order chi connectivity index (χ0) is 24.5. The topological polar surface area (TPSA) is 93.3 Å². The number of aliphatic hydroxyl groups is 1. The van der Waals surface area contributed by atoms with Crippen molar-refractivity contribution in [2.75, 3.05) is 18.2 Å². The Hall–Kier alpha value is -3.85. The first-order chi connectivity index (χ1) is 16.2. The number of hydrogen-bond acceptors (Lipinski definition) is 6. The van der Waals surface area contributed by atoms with E-state index in [-0.39, 0.29) is 23.4 Å². The highest BCUT2D eigenvalue weighted by atomic mass is 19.4. The monoisotopic (exact) mass is 468 g/mol. The van der Waals surface area contributed by atoms with Crippen molar-refractivity contribution in [1.29, 1.82) is 0 Å². The minimum Gasteiger partial charge on any atom is -0.496 e. The van der Waals surface area contributed by atoms with Gasteiger partial charge < -0.3 is 20.9 Å². The fourth-order valence-electron chi connectivity index (χ4n) is 3.91. The first-order valence-electron chi connectivity index (χ1n) is 10.4. The second-order valence-electron chi connectivity index (χ2n) is 8.01. The van der Waals surface area contributed by atoms with Crippen molar-refractivity contribution >= 4 is 28.1 Å². The molecule has 6 nitrogen and oxygen atoms in total. The van der Waals surface area contributed by atoms with E-state index in [1.165, 1.54) is 43.8 Å². The first-order valence-corrected chi connectivity index (χ1v) is 10.4. The van der Waals surface area contributed by atoms with Gasteiger partial charge in [-0.25, -0.2) is 9.97 Å². The van der Waals surface area contributed by atoms with E-state index in [1.807, 2.05) is 0 Å². The lowest BCUT2D eigenvalue weighted by atomic mass is 9.75. The fraction of sp³-hybridized carbons (Fsp3) is 0.200. The number of rotatable bonds is 6. The van der Waals surface area contributed by atoms with E-state index < -0.39 is 11.6 Å². The Morgan fingerprint density at radius 2 is 1.74 bits per heavy atom. The van der Waals surface area contributed by atoms with Crippen LogP contribution in [0.15, 0.2) is 67.0 Å². The normalized spacial score (nSPS) is 13.5. The molecule has 1 atom stereocenters. The predicted molar refractivity (Wildman–Crippen MR) is 125 cm³/mol. The van der Waals surface area contributed by atoms with Crippen LogP contribution in [-0.4, -0.2) is 28.4 Å². The fourth-order valence-corrected chi connectivity index (χ4v) is 3.91. The molecule has 4 aromatic rings. The summed E-state index contributed by atoms with van der Waals surface area (Å²) in [5, 5.41) is 13.3. The van der Waals surface area contributed by atoms with Crippen LogP contribution in [0.1, 0.15) is 23.6 Å². The molecule has 0 spiro atoms. The molecule has 1 heterocycles. The molecule has 3 aromatic carbocycles. The molecule has 0 radical (unpaired) electrons. The maximum absolute atomic E-state index is 14.3. The second kappa shape index (κ2) is 8.83. The third-order valence-corrected chi connectivity index (χ3v) is 5.96. The molecule has 0 aliphatic heterocycles. The van der Waals surface area contributed by atoms with E-state index in [9.17, 15) is 18.3 Å². The number of fused-ring (bicyclic) bond motifs is 1. The number of nitrogens with one attached hydrogen (secondary N) is 1. The highest BCUT2D eigenvalue weighted by molar-refractivity contribution is 5.92. The summed E-state index contributed by atoms with van der Waals surface area (Å²) >= 11 is 0. The molecule has 1 aromatic heterocycles. The molecule has 0 saturated carbocycles. The number of nitrogen functional groups attached to an aromatic ring is 1. The molecule has 1 unspecified atom stereocenters.